The van der Waals surface area contributed by atoms with E-state index in [1.54, 1.807) is 37.4 Å². The lowest BCUT2D eigenvalue weighted by molar-refractivity contribution is -0.140. The van der Waals surface area contributed by atoms with Crippen LogP contribution in [0.25, 0.3) is 5.76 Å². The Hall–Kier alpha value is -2.99. The minimum absolute atomic E-state index is 0.101. The molecule has 0 spiro atoms. The Kier molecular flexibility index (Phi) is 5.90. The molecule has 1 amide bonds. The lowest BCUT2D eigenvalue weighted by atomic mass is 9.94. The van der Waals surface area contributed by atoms with Gasteiger partial charge in [0.2, 0.25) is 0 Å². The number of aryl methyl sites for hydroxylation is 1. The number of rotatable bonds is 6. The highest BCUT2D eigenvalue weighted by atomic mass is 19.1. The summed E-state index contributed by atoms with van der Waals surface area (Å²) in [5, 5.41) is 10.8. The van der Waals surface area contributed by atoms with Crippen LogP contribution in [0, 0.1) is 12.7 Å². The van der Waals surface area contributed by atoms with Crippen LogP contribution in [-0.4, -0.2) is 42.0 Å². The number of amides is 1. The Labute approximate surface area is 163 Å². The summed E-state index contributed by atoms with van der Waals surface area (Å²) < 4.78 is 19.6. The van der Waals surface area contributed by atoms with Crippen molar-refractivity contribution in [1.29, 1.82) is 0 Å². The molecule has 6 heteroatoms. The molecule has 0 aliphatic carbocycles. The van der Waals surface area contributed by atoms with E-state index in [1.165, 1.54) is 23.1 Å². The minimum Gasteiger partial charge on any atom is -0.507 e. The molecule has 1 heterocycles. The van der Waals surface area contributed by atoms with E-state index in [4.69, 9.17) is 4.74 Å². The van der Waals surface area contributed by atoms with Crippen LogP contribution in [-0.2, 0) is 14.3 Å². The molecule has 1 aliphatic heterocycles. The SMILES string of the molecule is COCCCN1C(=O)C(=O)/C(=C(/O)c2ccc(C)cc2)[C@@H]1c1ccccc1F. The number of methoxy groups -OCH3 is 1. The van der Waals surface area contributed by atoms with Crippen molar-refractivity contribution in [3.8, 4) is 0 Å². The second kappa shape index (κ2) is 8.35. The van der Waals surface area contributed by atoms with Gasteiger partial charge in [-0.25, -0.2) is 4.39 Å². The third kappa shape index (κ3) is 3.68. The molecule has 1 saturated heterocycles. The Morgan fingerprint density at radius 2 is 1.82 bits per heavy atom. The molecule has 0 unspecified atom stereocenters. The number of Topliss-reactive ketones (excluding diaryl/α,β-unsaturated/α-hetero) is 1. The number of benzene rings is 2. The van der Waals surface area contributed by atoms with E-state index in [0.717, 1.165) is 5.56 Å². The molecule has 28 heavy (non-hydrogen) atoms. The summed E-state index contributed by atoms with van der Waals surface area (Å²) >= 11 is 0. The monoisotopic (exact) mass is 383 g/mol. The summed E-state index contributed by atoms with van der Waals surface area (Å²) in [5.41, 5.74) is 1.47. The van der Waals surface area contributed by atoms with Crippen LogP contribution >= 0.6 is 0 Å². The van der Waals surface area contributed by atoms with E-state index in [-0.39, 0.29) is 23.4 Å². The first kappa shape index (κ1) is 19.8. The van der Waals surface area contributed by atoms with Crippen molar-refractivity contribution in [1.82, 2.24) is 4.90 Å². The first-order chi connectivity index (χ1) is 13.5. The van der Waals surface area contributed by atoms with E-state index >= 15 is 0 Å². The highest BCUT2D eigenvalue weighted by molar-refractivity contribution is 6.46. The first-order valence-electron chi connectivity index (χ1n) is 9.04. The number of aliphatic hydroxyl groups is 1. The molecule has 1 fully saturated rings. The third-order valence-corrected chi connectivity index (χ3v) is 4.81. The van der Waals surface area contributed by atoms with Gasteiger partial charge in [0.05, 0.1) is 11.6 Å². The normalized spacial score (nSPS) is 18.7. The van der Waals surface area contributed by atoms with E-state index < -0.39 is 23.5 Å². The van der Waals surface area contributed by atoms with Gasteiger partial charge < -0.3 is 14.7 Å². The van der Waals surface area contributed by atoms with Crippen LogP contribution in [0.15, 0.2) is 54.1 Å². The highest BCUT2D eigenvalue weighted by Gasteiger charge is 2.46. The molecule has 146 valence electrons. The molecule has 0 aromatic heterocycles. The number of carbonyl (C=O) groups excluding carboxylic acids is 2. The summed E-state index contributed by atoms with van der Waals surface area (Å²) in [4.78, 5) is 26.7. The van der Waals surface area contributed by atoms with Gasteiger partial charge in [0.15, 0.2) is 0 Å². The largest absolute Gasteiger partial charge is 0.507 e. The van der Waals surface area contributed by atoms with Crippen LogP contribution < -0.4 is 0 Å². The predicted molar refractivity (Wildman–Crippen MR) is 103 cm³/mol. The Morgan fingerprint density at radius 3 is 2.46 bits per heavy atom. The number of hydrogen-bond donors (Lipinski definition) is 1. The number of likely N-dealkylation sites (tertiary alicyclic amines) is 1. The Morgan fingerprint density at radius 1 is 1.14 bits per heavy atom. The molecule has 2 aromatic carbocycles. The molecule has 0 saturated carbocycles. The molecular formula is C22H22FNO4. The highest BCUT2D eigenvalue weighted by Crippen LogP contribution is 2.40. The van der Waals surface area contributed by atoms with Gasteiger partial charge in [-0.05, 0) is 19.4 Å². The fourth-order valence-electron chi connectivity index (χ4n) is 3.38. The molecule has 5 nitrogen and oxygen atoms in total. The zero-order valence-electron chi connectivity index (χ0n) is 15.8. The van der Waals surface area contributed by atoms with Crippen molar-refractivity contribution in [2.24, 2.45) is 0 Å². The van der Waals surface area contributed by atoms with Gasteiger partial charge in [0.1, 0.15) is 11.6 Å². The van der Waals surface area contributed by atoms with Crippen molar-refractivity contribution < 1.29 is 23.8 Å². The number of aliphatic hydroxyl groups excluding tert-OH is 1. The summed E-state index contributed by atoms with van der Waals surface area (Å²) in [6.07, 6.45) is 0.485. The van der Waals surface area contributed by atoms with Crippen LogP contribution in [0.2, 0.25) is 0 Å². The lowest BCUT2D eigenvalue weighted by Crippen LogP contribution is -2.31. The molecule has 0 radical (unpaired) electrons. The number of ketones is 1. The van der Waals surface area contributed by atoms with Gasteiger partial charge in [-0.1, -0.05) is 48.0 Å². The molecule has 2 aromatic rings. The Balaban J connectivity index is 2.14. The van der Waals surface area contributed by atoms with Crippen molar-refractivity contribution in [2.75, 3.05) is 20.3 Å². The van der Waals surface area contributed by atoms with E-state index in [9.17, 15) is 19.1 Å². The third-order valence-electron chi connectivity index (χ3n) is 4.81. The first-order valence-corrected chi connectivity index (χ1v) is 9.04. The summed E-state index contributed by atoms with van der Waals surface area (Å²) in [7, 11) is 1.54. The minimum atomic E-state index is -0.987. The van der Waals surface area contributed by atoms with Crippen molar-refractivity contribution in [2.45, 2.75) is 19.4 Å². The maximum atomic E-state index is 14.6. The van der Waals surface area contributed by atoms with Crippen molar-refractivity contribution in [3.63, 3.8) is 0 Å². The van der Waals surface area contributed by atoms with Gasteiger partial charge in [0, 0.05) is 31.4 Å². The smallest absolute Gasteiger partial charge is 0.295 e. The van der Waals surface area contributed by atoms with Gasteiger partial charge in [-0.15, -0.1) is 0 Å². The predicted octanol–water partition coefficient (Wildman–Crippen LogP) is 3.59. The summed E-state index contributed by atoms with van der Waals surface area (Å²) in [5.74, 6) is -2.41. The topological polar surface area (TPSA) is 66.8 Å². The summed E-state index contributed by atoms with van der Waals surface area (Å²) in [6.45, 7) is 2.50. The van der Waals surface area contributed by atoms with Crippen LogP contribution in [0.1, 0.15) is 29.2 Å². The van der Waals surface area contributed by atoms with Crippen molar-refractivity contribution in [3.05, 3.63) is 76.6 Å². The van der Waals surface area contributed by atoms with E-state index in [2.05, 4.69) is 0 Å². The average Bonchev–Trinajstić information content (AvgIpc) is 2.93. The maximum Gasteiger partial charge on any atom is 0.295 e. The van der Waals surface area contributed by atoms with E-state index in [0.29, 0.717) is 18.6 Å². The second-order valence-corrected chi connectivity index (χ2v) is 6.73. The number of carbonyl (C=O) groups is 2. The number of nitrogens with zero attached hydrogens (tertiary/aromatic N) is 1. The fraction of sp³-hybridized carbons (Fsp3) is 0.273. The standard InChI is InChI=1S/C22H22FNO4/c1-14-8-10-15(11-9-14)20(25)18-19(16-6-3-4-7-17(16)23)24(12-5-13-28-2)22(27)21(18)26/h3-4,6-11,19,25H,5,12-13H2,1-2H3/b20-18+/t19-/m0/s1. The van der Waals surface area contributed by atoms with Gasteiger partial charge >= 0.3 is 0 Å². The van der Waals surface area contributed by atoms with Gasteiger partial charge in [0.25, 0.3) is 11.7 Å². The molecule has 1 atom stereocenters. The molecule has 3 rings (SSSR count). The fourth-order valence-corrected chi connectivity index (χ4v) is 3.38. The van der Waals surface area contributed by atoms with Crippen LogP contribution in [0.3, 0.4) is 0 Å². The Bertz CT molecular complexity index is 920. The number of halogens is 1. The van der Waals surface area contributed by atoms with Crippen molar-refractivity contribution >= 4 is 17.4 Å². The van der Waals surface area contributed by atoms with Gasteiger partial charge in [-0.3, -0.25) is 9.59 Å². The van der Waals surface area contributed by atoms with E-state index in [1.807, 2.05) is 6.92 Å². The molecule has 1 N–H and O–H groups in total. The molecule has 1 aliphatic rings. The second-order valence-electron chi connectivity index (χ2n) is 6.73. The quantitative estimate of drug-likeness (QED) is 0.358. The zero-order chi connectivity index (χ0) is 20.3. The molecular weight excluding hydrogens is 361 g/mol. The van der Waals surface area contributed by atoms with Crippen LogP contribution in [0.5, 0.6) is 0 Å². The number of ether oxygens (including phenoxy) is 1. The van der Waals surface area contributed by atoms with Gasteiger partial charge in [-0.2, -0.15) is 0 Å². The van der Waals surface area contributed by atoms with Crippen LogP contribution in [0.4, 0.5) is 4.39 Å². The number of hydrogen-bond acceptors (Lipinski definition) is 4. The maximum absolute atomic E-state index is 14.6. The molecule has 0 bridgehead atoms. The average molecular weight is 383 g/mol. The lowest BCUT2D eigenvalue weighted by Gasteiger charge is -2.25. The zero-order valence-corrected chi connectivity index (χ0v) is 15.8. The summed E-state index contributed by atoms with van der Waals surface area (Å²) in [6, 6.07) is 11.9.